The molecule has 2 aromatic heterocycles. The zero-order valence-corrected chi connectivity index (χ0v) is 17.1. The molecule has 1 aromatic carbocycles. The first-order chi connectivity index (χ1) is 14.9. The number of nitrogens with zero attached hydrogens (tertiary/aromatic N) is 4. The van der Waals surface area contributed by atoms with E-state index in [1.807, 2.05) is 0 Å². The monoisotopic (exact) mass is 459 g/mol. The van der Waals surface area contributed by atoms with E-state index in [-0.39, 0.29) is 31.1 Å². The van der Waals surface area contributed by atoms with Crippen LogP contribution in [0.3, 0.4) is 0 Å². The smallest absolute Gasteiger partial charge is 0.356 e. The van der Waals surface area contributed by atoms with Crippen LogP contribution in [0.25, 0.3) is 5.78 Å². The van der Waals surface area contributed by atoms with Crippen LogP contribution in [0.5, 0.6) is 0 Å². The Labute approximate surface area is 178 Å². The molecule has 0 fully saturated rings. The minimum atomic E-state index is -4.69. The minimum absolute atomic E-state index is 0.0582. The standard InChI is InChI=1S/C20H19F6N5O/c1-11-15(12(2)31-18(28-11)29-17(30-31)20(24,25)26)7-8-16(32)27-10-9-13-3-5-14(6-4-13)19(21,22)23/h3-6H,7-10H2,1-2H3,(H,27,32). The first-order valence-corrected chi connectivity index (χ1v) is 9.59. The van der Waals surface area contributed by atoms with Crippen molar-refractivity contribution in [2.75, 3.05) is 6.54 Å². The van der Waals surface area contributed by atoms with Gasteiger partial charge in [-0.05, 0) is 49.9 Å². The van der Waals surface area contributed by atoms with E-state index >= 15 is 0 Å². The van der Waals surface area contributed by atoms with Crippen LogP contribution in [0.15, 0.2) is 24.3 Å². The van der Waals surface area contributed by atoms with Crippen LogP contribution in [-0.2, 0) is 30.0 Å². The number of fused-ring (bicyclic) bond motifs is 1. The van der Waals surface area contributed by atoms with Crippen LogP contribution < -0.4 is 5.32 Å². The van der Waals surface area contributed by atoms with Crippen molar-refractivity contribution in [1.29, 1.82) is 0 Å². The highest BCUT2D eigenvalue weighted by atomic mass is 19.4. The number of benzene rings is 1. The van der Waals surface area contributed by atoms with E-state index < -0.39 is 23.7 Å². The van der Waals surface area contributed by atoms with E-state index in [4.69, 9.17) is 0 Å². The minimum Gasteiger partial charge on any atom is -0.356 e. The lowest BCUT2D eigenvalue weighted by Gasteiger charge is -2.11. The number of aromatic nitrogens is 4. The maximum atomic E-state index is 12.9. The zero-order valence-electron chi connectivity index (χ0n) is 17.1. The lowest BCUT2D eigenvalue weighted by Crippen LogP contribution is -2.26. The van der Waals surface area contributed by atoms with Crippen LogP contribution in [0.2, 0.25) is 0 Å². The third kappa shape index (κ3) is 5.35. The number of nitrogens with one attached hydrogen (secondary N) is 1. The van der Waals surface area contributed by atoms with Gasteiger partial charge >= 0.3 is 12.4 Å². The fourth-order valence-corrected chi connectivity index (χ4v) is 3.22. The highest BCUT2D eigenvalue weighted by Crippen LogP contribution is 2.29. The number of aryl methyl sites for hydroxylation is 2. The number of rotatable bonds is 6. The Balaban J connectivity index is 1.57. The van der Waals surface area contributed by atoms with Gasteiger partial charge in [0, 0.05) is 24.4 Å². The summed E-state index contributed by atoms with van der Waals surface area (Å²) in [5.41, 5.74) is 1.36. The molecule has 0 aliphatic heterocycles. The van der Waals surface area contributed by atoms with E-state index in [9.17, 15) is 31.1 Å². The number of hydrogen-bond acceptors (Lipinski definition) is 4. The van der Waals surface area contributed by atoms with E-state index in [0.29, 0.717) is 28.9 Å². The SMILES string of the molecule is Cc1nc2nc(C(F)(F)F)nn2c(C)c1CCC(=O)NCCc1ccc(C(F)(F)F)cc1. The van der Waals surface area contributed by atoms with Crippen LogP contribution in [0.1, 0.15) is 40.3 Å². The van der Waals surface area contributed by atoms with Crippen molar-refractivity contribution < 1.29 is 31.1 Å². The molecule has 32 heavy (non-hydrogen) atoms. The average Bonchev–Trinajstić information content (AvgIpc) is 3.12. The molecule has 1 N–H and O–H groups in total. The highest BCUT2D eigenvalue weighted by molar-refractivity contribution is 5.76. The van der Waals surface area contributed by atoms with Crippen LogP contribution >= 0.6 is 0 Å². The fourth-order valence-electron chi connectivity index (χ4n) is 3.22. The van der Waals surface area contributed by atoms with Gasteiger partial charge in [-0.25, -0.2) is 9.50 Å². The molecule has 2 heterocycles. The first-order valence-electron chi connectivity index (χ1n) is 9.59. The largest absolute Gasteiger partial charge is 0.453 e. The molecule has 0 unspecified atom stereocenters. The lowest BCUT2D eigenvalue weighted by molar-refractivity contribution is -0.144. The Hall–Kier alpha value is -3.18. The molecule has 6 nitrogen and oxygen atoms in total. The third-order valence-electron chi connectivity index (χ3n) is 4.92. The molecule has 1 amide bonds. The summed E-state index contributed by atoms with van der Waals surface area (Å²) in [5.74, 6) is -1.76. The second kappa shape index (κ2) is 8.75. The van der Waals surface area contributed by atoms with Crippen molar-refractivity contribution >= 4 is 11.7 Å². The number of carbonyl (C=O) groups excluding carboxylic acids is 1. The molecular weight excluding hydrogens is 440 g/mol. The Bertz CT molecular complexity index is 1120. The van der Waals surface area contributed by atoms with Crippen LogP contribution in [0.4, 0.5) is 26.3 Å². The van der Waals surface area contributed by atoms with Crippen molar-refractivity contribution in [2.45, 2.75) is 45.5 Å². The topological polar surface area (TPSA) is 72.2 Å². The second-order valence-corrected chi connectivity index (χ2v) is 7.20. The average molecular weight is 459 g/mol. The number of halogens is 6. The predicted octanol–water partition coefficient (Wildman–Crippen LogP) is 4.07. The Kier molecular flexibility index (Phi) is 6.42. The lowest BCUT2D eigenvalue weighted by atomic mass is 10.1. The van der Waals surface area contributed by atoms with Crippen LogP contribution in [0, 0.1) is 13.8 Å². The second-order valence-electron chi connectivity index (χ2n) is 7.20. The van der Waals surface area contributed by atoms with Crippen molar-refractivity contribution in [3.63, 3.8) is 0 Å². The van der Waals surface area contributed by atoms with Crippen molar-refractivity contribution in [2.24, 2.45) is 0 Å². The van der Waals surface area contributed by atoms with E-state index in [1.54, 1.807) is 13.8 Å². The van der Waals surface area contributed by atoms with Gasteiger partial charge in [-0.2, -0.15) is 31.3 Å². The molecule has 3 rings (SSSR count). The number of carbonyl (C=O) groups is 1. The number of hydrogen-bond donors (Lipinski definition) is 1. The van der Waals surface area contributed by atoms with Crippen molar-refractivity contribution in [1.82, 2.24) is 24.9 Å². The molecule has 0 aliphatic rings. The molecule has 0 aliphatic carbocycles. The summed E-state index contributed by atoms with van der Waals surface area (Å²) in [5, 5.41) is 6.15. The Morgan fingerprint density at radius 2 is 1.62 bits per heavy atom. The van der Waals surface area contributed by atoms with Crippen molar-refractivity contribution in [3.05, 3.63) is 58.2 Å². The van der Waals surface area contributed by atoms with Gasteiger partial charge in [0.25, 0.3) is 11.6 Å². The van der Waals surface area contributed by atoms with Crippen molar-refractivity contribution in [3.8, 4) is 0 Å². The fraction of sp³-hybridized carbons (Fsp3) is 0.400. The maximum Gasteiger partial charge on any atom is 0.453 e. The molecular formula is C20H19F6N5O. The molecule has 3 aromatic rings. The maximum absolute atomic E-state index is 12.9. The molecule has 0 atom stereocenters. The summed E-state index contributed by atoms with van der Waals surface area (Å²) in [6.45, 7) is 3.43. The van der Waals surface area contributed by atoms with Gasteiger partial charge in [-0.3, -0.25) is 4.79 Å². The molecule has 0 saturated carbocycles. The van der Waals surface area contributed by atoms with Crippen LogP contribution in [-0.4, -0.2) is 32.0 Å². The quantitative estimate of drug-likeness (QED) is 0.565. The van der Waals surface area contributed by atoms with Gasteiger partial charge in [0.15, 0.2) is 0 Å². The molecule has 0 saturated heterocycles. The molecule has 0 spiro atoms. The molecule has 172 valence electrons. The summed E-state index contributed by atoms with van der Waals surface area (Å²) < 4.78 is 77.3. The van der Waals surface area contributed by atoms with E-state index in [0.717, 1.165) is 16.6 Å². The van der Waals surface area contributed by atoms with Gasteiger partial charge in [0.05, 0.1) is 5.56 Å². The normalized spacial score (nSPS) is 12.4. The predicted molar refractivity (Wildman–Crippen MR) is 102 cm³/mol. The highest BCUT2D eigenvalue weighted by Gasteiger charge is 2.37. The third-order valence-corrected chi connectivity index (χ3v) is 4.92. The molecule has 12 heteroatoms. The van der Waals surface area contributed by atoms with E-state index in [1.165, 1.54) is 12.1 Å². The number of amides is 1. The van der Waals surface area contributed by atoms with Gasteiger partial charge in [-0.1, -0.05) is 12.1 Å². The summed E-state index contributed by atoms with van der Waals surface area (Å²) in [4.78, 5) is 19.6. The zero-order chi connectivity index (χ0) is 23.7. The molecule has 0 bridgehead atoms. The van der Waals surface area contributed by atoms with Gasteiger partial charge < -0.3 is 5.32 Å². The van der Waals surface area contributed by atoms with E-state index in [2.05, 4.69) is 20.4 Å². The first kappa shape index (κ1) is 23.5. The molecule has 0 radical (unpaired) electrons. The summed E-state index contributed by atoms with van der Waals surface area (Å²) >= 11 is 0. The summed E-state index contributed by atoms with van der Waals surface area (Å²) in [6, 6.07) is 4.69. The van der Waals surface area contributed by atoms with Gasteiger partial charge in [-0.15, -0.1) is 5.10 Å². The summed E-state index contributed by atoms with van der Waals surface area (Å²) in [7, 11) is 0. The van der Waals surface area contributed by atoms with Gasteiger partial charge in [0.1, 0.15) is 0 Å². The Morgan fingerprint density at radius 1 is 0.969 bits per heavy atom. The summed E-state index contributed by atoms with van der Waals surface area (Å²) in [6.07, 6.45) is -8.45. The number of alkyl halides is 6. The Morgan fingerprint density at radius 3 is 2.22 bits per heavy atom. The van der Waals surface area contributed by atoms with Gasteiger partial charge in [0.2, 0.25) is 5.91 Å².